The summed E-state index contributed by atoms with van der Waals surface area (Å²) in [7, 11) is -3.29. The lowest BCUT2D eigenvalue weighted by atomic mass is 9.96. The van der Waals surface area contributed by atoms with Crippen molar-refractivity contribution in [3.05, 3.63) is 22.4 Å². The van der Waals surface area contributed by atoms with Gasteiger partial charge in [-0.05, 0) is 51.5 Å². The van der Waals surface area contributed by atoms with Gasteiger partial charge in [0.05, 0.1) is 16.9 Å². The van der Waals surface area contributed by atoms with Gasteiger partial charge in [0.25, 0.3) is 0 Å². The van der Waals surface area contributed by atoms with Crippen LogP contribution < -0.4 is 0 Å². The van der Waals surface area contributed by atoms with E-state index in [-0.39, 0.29) is 24.1 Å². The van der Waals surface area contributed by atoms with Crippen LogP contribution in [-0.4, -0.2) is 67.8 Å². The van der Waals surface area contributed by atoms with E-state index in [1.54, 1.807) is 9.80 Å². The van der Waals surface area contributed by atoms with Crippen LogP contribution in [0.15, 0.2) is 17.5 Å². The molecule has 162 valence electrons. The summed E-state index contributed by atoms with van der Waals surface area (Å²) in [4.78, 5) is 29.6. The van der Waals surface area contributed by atoms with Crippen molar-refractivity contribution in [1.82, 2.24) is 9.80 Å². The number of carbonyl (C=O) groups excluding carboxylic acids is 2. The number of nitrogens with zero attached hydrogens (tertiary/aromatic N) is 2. The Hall–Kier alpha value is -1.61. The Balaban J connectivity index is 1.65. The molecule has 29 heavy (non-hydrogen) atoms. The van der Waals surface area contributed by atoms with E-state index >= 15 is 0 Å². The molecule has 1 aromatic heterocycles. The van der Waals surface area contributed by atoms with Gasteiger partial charge in [0.15, 0.2) is 9.84 Å². The Morgan fingerprint density at radius 3 is 2.55 bits per heavy atom. The SMILES string of the molecule is CC(C)(C)OC(=O)N1CCC[C@H](C(=O)N2CC[C@H](c3cccs3)S(=O)(=O)CC2)C1. The Morgan fingerprint density at radius 2 is 1.90 bits per heavy atom. The molecule has 0 spiro atoms. The minimum atomic E-state index is -3.29. The average molecular weight is 443 g/mol. The van der Waals surface area contributed by atoms with E-state index in [2.05, 4.69) is 0 Å². The smallest absolute Gasteiger partial charge is 0.410 e. The number of sulfone groups is 1. The molecule has 0 unspecified atom stereocenters. The van der Waals surface area contributed by atoms with Crippen LogP contribution in [0.4, 0.5) is 4.79 Å². The molecule has 9 heteroatoms. The van der Waals surface area contributed by atoms with Crippen molar-refractivity contribution in [3.63, 3.8) is 0 Å². The molecule has 2 amide bonds. The summed E-state index contributed by atoms with van der Waals surface area (Å²) in [6.07, 6.45) is 1.46. The predicted molar refractivity (Wildman–Crippen MR) is 113 cm³/mol. The van der Waals surface area contributed by atoms with Gasteiger partial charge in [-0.25, -0.2) is 13.2 Å². The molecular formula is C20H30N2O5S2. The van der Waals surface area contributed by atoms with Gasteiger partial charge in [-0.15, -0.1) is 11.3 Å². The molecule has 0 saturated carbocycles. The highest BCUT2D eigenvalue weighted by molar-refractivity contribution is 7.91. The van der Waals surface area contributed by atoms with Crippen LogP contribution in [0.2, 0.25) is 0 Å². The summed E-state index contributed by atoms with van der Waals surface area (Å²) in [5.41, 5.74) is -0.579. The first kappa shape index (κ1) is 22.1. The van der Waals surface area contributed by atoms with Gasteiger partial charge in [-0.2, -0.15) is 0 Å². The summed E-state index contributed by atoms with van der Waals surface area (Å²) in [5, 5.41) is 1.34. The average Bonchev–Trinajstić information content (AvgIpc) is 3.11. The van der Waals surface area contributed by atoms with Gasteiger partial charge in [0.1, 0.15) is 5.60 Å². The van der Waals surface area contributed by atoms with Crippen molar-refractivity contribution in [1.29, 1.82) is 0 Å². The van der Waals surface area contributed by atoms with E-state index in [1.165, 1.54) is 11.3 Å². The highest BCUT2D eigenvalue weighted by Gasteiger charge is 2.37. The van der Waals surface area contributed by atoms with Gasteiger partial charge >= 0.3 is 6.09 Å². The summed E-state index contributed by atoms with van der Waals surface area (Å²) < 4.78 is 30.9. The second-order valence-electron chi connectivity index (χ2n) is 8.75. The number of hydrogen-bond acceptors (Lipinski definition) is 6. The number of ether oxygens (including phenoxy) is 1. The molecular weight excluding hydrogens is 412 g/mol. The van der Waals surface area contributed by atoms with Crippen molar-refractivity contribution in [2.24, 2.45) is 5.92 Å². The molecule has 0 N–H and O–H groups in total. The molecule has 2 saturated heterocycles. The monoisotopic (exact) mass is 442 g/mol. The normalized spacial score (nSPS) is 25.3. The molecule has 2 aliphatic heterocycles. The van der Waals surface area contributed by atoms with E-state index < -0.39 is 26.8 Å². The third-order valence-corrected chi connectivity index (χ3v) is 8.58. The van der Waals surface area contributed by atoms with Crippen LogP contribution in [0.25, 0.3) is 0 Å². The molecule has 2 atom stereocenters. The summed E-state index contributed by atoms with van der Waals surface area (Å²) in [6, 6.07) is 3.71. The lowest BCUT2D eigenvalue weighted by molar-refractivity contribution is -0.136. The molecule has 3 rings (SSSR count). The third kappa shape index (κ3) is 5.51. The summed E-state index contributed by atoms with van der Waals surface area (Å²) >= 11 is 1.45. The maximum Gasteiger partial charge on any atom is 0.410 e. The van der Waals surface area contributed by atoms with Crippen LogP contribution in [0.1, 0.15) is 50.2 Å². The maximum atomic E-state index is 13.1. The number of thiophene rings is 1. The zero-order chi connectivity index (χ0) is 21.2. The molecule has 0 radical (unpaired) electrons. The van der Waals surface area contributed by atoms with Crippen molar-refractivity contribution < 1.29 is 22.7 Å². The molecule has 7 nitrogen and oxygen atoms in total. The number of likely N-dealkylation sites (tertiary alicyclic amines) is 1. The predicted octanol–water partition coefficient (Wildman–Crippen LogP) is 3.08. The second kappa shape index (κ2) is 8.63. The first-order chi connectivity index (χ1) is 13.6. The molecule has 3 heterocycles. The van der Waals surface area contributed by atoms with E-state index in [4.69, 9.17) is 4.74 Å². The summed E-state index contributed by atoms with van der Waals surface area (Å²) in [6.45, 7) is 6.99. The van der Waals surface area contributed by atoms with Crippen molar-refractivity contribution in [2.75, 3.05) is 31.9 Å². The van der Waals surface area contributed by atoms with Gasteiger partial charge < -0.3 is 14.5 Å². The van der Waals surface area contributed by atoms with Gasteiger partial charge in [-0.1, -0.05) is 6.07 Å². The number of hydrogen-bond donors (Lipinski definition) is 0. The zero-order valence-corrected chi connectivity index (χ0v) is 18.9. The molecule has 1 aromatic rings. The molecule has 0 aromatic carbocycles. The fourth-order valence-corrected chi connectivity index (χ4v) is 6.89. The van der Waals surface area contributed by atoms with E-state index in [0.717, 1.165) is 11.3 Å². The second-order valence-corrected chi connectivity index (χ2v) is 12.0. The van der Waals surface area contributed by atoms with Crippen molar-refractivity contribution >= 4 is 33.2 Å². The number of rotatable bonds is 2. The Morgan fingerprint density at radius 1 is 1.14 bits per heavy atom. The number of amides is 2. The maximum absolute atomic E-state index is 13.1. The third-order valence-electron chi connectivity index (χ3n) is 5.33. The van der Waals surface area contributed by atoms with Crippen molar-refractivity contribution in [3.8, 4) is 0 Å². The number of carbonyl (C=O) groups is 2. The van der Waals surface area contributed by atoms with Gasteiger partial charge in [-0.3, -0.25) is 4.79 Å². The van der Waals surface area contributed by atoms with Crippen LogP contribution in [0.5, 0.6) is 0 Å². The van der Waals surface area contributed by atoms with Crippen molar-refractivity contribution in [2.45, 2.75) is 50.9 Å². The van der Waals surface area contributed by atoms with E-state index in [9.17, 15) is 18.0 Å². The molecule has 0 bridgehead atoms. The topological polar surface area (TPSA) is 84.0 Å². The minimum absolute atomic E-state index is 0.0240. The van der Waals surface area contributed by atoms with E-state index in [1.807, 2.05) is 38.3 Å². The fourth-order valence-electron chi connectivity index (χ4n) is 3.89. The first-order valence-corrected chi connectivity index (χ1v) is 12.7. The zero-order valence-electron chi connectivity index (χ0n) is 17.3. The quantitative estimate of drug-likeness (QED) is 0.703. The standard InChI is InChI=1S/C20H30N2O5S2/c1-20(2,3)27-19(24)22-9-4-6-15(14-22)18(23)21-10-8-17(16-7-5-12-28-16)29(25,26)13-11-21/h5,7,12,15,17H,4,6,8-11,13-14H2,1-3H3/t15-,17+/m0/s1. The first-order valence-electron chi connectivity index (χ1n) is 10.1. The highest BCUT2D eigenvalue weighted by atomic mass is 32.2. The Kier molecular flexibility index (Phi) is 6.57. The number of piperidine rings is 1. The van der Waals surface area contributed by atoms with Crippen LogP contribution in [-0.2, 0) is 19.4 Å². The molecule has 0 aliphatic carbocycles. The highest BCUT2D eigenvalue weighted by Crippen LogP contribution is 2.33. The van der Waals surface area contributed by atoms with Gasteiger partial charge in [0, 0.05) is 31.1 Å². The van der Waals surface area contributed by atoms with Crippen LogP contribution in [0, 0.1) is 5.92 Å². The lowest BCUT2D eigenvalue weighted by Gasteiger charge is -2.35. The summed E-state index contributed by atoms with van der Waals surface area (Å²) in [5.74, 6) is -0.387. The van der Waals surface area contributed by atoms with Crippen LogP contribution in [0.3, 0.4) is 0 Å². The lowest BCUT2D eigenvalue weighted by Crippen LogP contribution is -2.48. The van der Waals surface area contributed by atoms with E-state index in [0.29, 0.717) is 32.5 Å². The Bertz CT molecular complexity index is 830. The molecule has 2 fully saturated rings. The largest absolute Gasteiger partial charge is 0.444 e. The minimum Gasteiger partial charge on any atom is -0.444 e. The van der Waals surface area contributed by atoms with Gasteiger partial charge in [0.2, 0.25) is 5.91 Å². The van der Waals surface area contributed by atoms with Crippen LogP contribution >= 0.6 is 11.3 Å². The molecule has 2 aliphatic rings. The Labute approximate surface area is 176 Å². The fraction of sp³-hybridized carbons (Fsp3) is 0.700.